The fourth-order valence-corrected chi connectivity index (χ4v) is 5.02. The van der Waals surface area contributed by atoms with Gasteiger partial charge in [0.1, 0.15) is 23.4 Å². The lowest BCUT2D eigenvalue weighted by Crippen LogP contribution is -2.54. The summed E-state index contributed by atoms with van der Waals surface area (Å²) >= 11 is 0. The van der Waals surface area contributed by atoms with Crippen molar-refractivity contribution in [3.63, 3.8) is 0 Å². The van der Waals surface area contributed by atoms with E-state index < -0.39 is 35.6 Å². The second-order valence-electron chi connectivity index (χ2n) is 12.4. The molecule has 3 N–H and O–H groups in total. The van der Waals surface area contributed by atoms with Crippen LogP contribution >= 0.6 is 0 Å². The highest BCUT2D eigenvalue weighted by Gasteiger charge is 2.37. The standard InChI is InChI=1S/C35H47N3O5/c1-7-8-9-10-13-21-38(33(41)30(24(2)3)37-34(42)43-35(4,5)6)31(27-17-14-18-29(39)23-27)32(40)36-28-20-19-25-15-11-12-16-26(25)22-28/h11-12,14-20,22-24,30-31,39H,7-10,13,21H2,1-6H3,(H,36,40)(H,37,42). The first-order valence-electron chi connectivity index (χ1n) is 15.3. The van der Waals surface area contributed by atoms with E-state index >= 15 is 0 Å². The summed E-state index contributed by atoms with van der Waals surface area (Å²) in [5, 5.41) is 18.1. The first kappa shape index (κ1) is 33.4. The van der Waals surface area contributed by atoms with Crippen LogP contribution in [-0.4, -0.2) is 46.1 Å². The van der Waals surface area contributed by atoms with Gasteiger partial charge in [0.05, 0.1) is 0 Å². The molecule has 2 atom stereocenters. The van der Waals surface area contributed by atoms with Crippen LogP contribution in [0.4, 0.5) is 10.5 Å². The Hall–Kier alpha value is -4.07. The molecule has 0 fully saturated rings. The summed E-state index contributed by atoms with van der Waals surface area (Å²) in [6.45, 7) is 11.4. The molecule has 3 rings (SSSR count). The maximum atomic E-state index is 14.4. The van der Waals surface area contributed by atoms with Crippen molar-refractivity contribution in [3.05, 3.63) is 72.3 Å². The number of hydrogen-bond acceptors (Lipinski definition) is 5. The van der Waals surface area contributed by atoms with Crippen molar-refractivity contribution >= 4 is 34.4 Å². The van der Waals surface area contributed by atoms with Crippen molar-refractivity contribution in [3.8, 4) is 5.75 Å². The van der Waals surface area contributed by atoms with Crippen molar-refractivity contribution in [2.24, 2.45) is 5.92 Å². The van der Waals surface area contributed by atoms with E-state index in [1.807, 2.05) is 56.3 Å². The summed E-state index contributed by atoms with van der Waals surface area (Å²) in [6.07, 6.45) is 4.06. The molecule has 43 heavy (non-hydrogen) atoms. The monoisotopic (exact) mass is 589 g/mol. The minimum atomic E-state index is -1.06. The fraction of sp³-hybridized carbons (Fsp3) is 0.457. The normalized spacial score (nSPS) is 12.9. The van der Waals surface area contributed by atoms with Gasteiger partial charge in [-0.15, -0.1) is 0 Å². The van der Waals surface area contributed by atoms with Gasteiger partial charge >= 0.3 is 6.09 Å². The number of phenolic OH excluding ortho intramolecular Hbond substituents is 1. The number of amides is 3. The van der Waals surface area contributed by atoms with E-state index in [1.54, 1.807) is 37.8 Å². The molecule has 3 aromatic carbocycles. The molecule has 3 aromatic rings. The number of benzene rings is 3. The van der Waals surface area contributed by atoms with Gasteiger partial charge in [0.15, 0.2) is 0 Å². The number of ether oxygens (including phenoxy) is 1. The van der Waals surface area contributed by atoms with E-state index in [0.29, 0.717) is 24.2 Å². The molecule has 0 aliphatic carbocycles. The third-order valence-electron chi connectivity index (χ3n) is 7.15. The van der Waals surface area contributed by atoms with Gasteiger partial charge in [-0.25, -0.2) is 4.79 Å². The first-order chi connectivity index (χ1) is 20.4. The van der Waals surface area contributed by atoms with Gasteiger partial charge < -0.3 is 25.4 Å². The number of unbranched alkanes of at least 4 members (excludes halogenated alkanes) is 4. The third-order valence-corrected chi connectivity index (χ3v) is 7.15. The molecular weight excluding hydrogens is 542 g/mol. The Morgan fingerprint density at radius 1 is 0.884 bits per heavy atom. The van der Waals surface area contributed by atoms with Gasteiger partial charge in [-0.3, -0.25) is 9.59 Å². The molecule has 232 valence electrons. The Bertz CT molecular complexity index is 1380. The van der Waals surface area contributed by atoms with Crippen molar-refractivity contribution < 1.29 is 24.2 Å². The molecule has 0 heterocycles. The molecule has 3 amide bonds. The number of fused-ring (bicyclic) bond motifs is 1. The van der Waals surface area contributed by atoms with Crippen LogP contribution in [0.3, 0.4) is 0 Å². The van der Waals surface area contributed by atoms with Gasteiger partial charge in [0, 0.05) is 12.2 Å². The molecule has 0 aromatic heterocycles. The maximum Gasteiger partial charge on any atom is 0.408 e. The summed E-state index contributed by atoms with van der Waals surface area (Å²) < 4.78 is 5.46. The SMILES string of the molecule is CCCCCCCN(C(=O)C(NC(=O)OC(C)(C)C)C(C)C)C(C(=O)Nc1ccc2ccccc2c1)c1cccc(O)c1. The second-order valence-corrected chi connectivity index (χ2v) is 12.4. The Morgan fingerprint density at radius 3 is 2.23 bits per heavy atom. The number of alkyl carbamates (subject to hydrolysis) is 1. The van der Waals surface area contributed by atoms with Crippen molar-refractivity contribution in [1.82, 2.24) is 10.2 Å². The quantitative estimate of drug-likeness (QED) is 0.178. The maximum absolute atomic E-state index is 14.4. The predicted octanol–water partition coefficient (Wildman–Crippen LogP) is 7.57. The number of phenols is 1. The van der Waals surface area contributed by atoms with Gasteiger partial charge in [0.2, 0.25) is 5.91 Å². The van der Waals surface area contributed by atoms with Gasteiger partial charge in [-0.1, -0.05) is 88.9 Å². The van der Waals surface area contributed by atoms with E-state index in [0.717, 1.165) is 36.5 Å². The molecule has 0 saturated heterocycles. The molecule has 0 bridgehead atoms. The fourth-order valence-electron chi connectivity index (χ4n) is 5.02. The summed E-state index contributed by atoms with van der Waals surface area (Å²) in [5.74, 6) is -1.10. The Balaban J connectivity index is 2.01. The summed E-state index contributed by atoms with van der Waals surface area (Å²) in [4.78, 5) is 42.8. The van der Waals surface area contributed by atoms with Gasteiger partial charge in [-0.2, -0.15) is 0 Å². The molecule has 0 aliphatic heterocycles. The minimum Gasteiger partial charge on any atom is -0.508 e. The summed E-state index contributed by atoms with van der Waals surface area (Å²) in [5.41, 5.74) is 0.328. The third kappa shape index (κ3) is 10.0. The average molecular weight is 590 g/mol. The zero-order chi connectivity index (χ0) is 31.6. The van der Waals surface area contributed by atoms with E-state index in [1.165, 1.54) is 12.1 Å². The Morgan fingerprint density at radius 2 is 1.58 bits per heavy atom. The van der Waals surface area contributed by atoms with E-state index in [2.05, 4.69) is 17.6 Å². The van der Waals surface area contributed by atoms with Crippen LogP contribution in [0.2, 0.25) is 0 Å². The second kappa shape index (κ2) is 15.4. The number of rotatable bonds is 13. The topological polar surface area (TPSA) is 108 Å². The van der Waals surface area contributed by atoms with Crippen LogP contribution in [0.1, 0.15) is 85.3 Å². The number of carbonyl (C=O) groups is 3. The Kier molecular flexibility index (Phi) is 12.0. The molecule has 0 spiro atoms. The number of aromatic hydroxyl groups is 1. The van der Waals surface area contributed by atoms with Crippen molar-refractivity contribution in [2.45, 2.75) is 91.3 Å². The lowest BCUT2D eigenvalue weighted by atomic mass is 9.98. The van der Waals surface area contributed by atoms with Gasteiger partial charge in [-0.05, 0) is 73.7 Å². The largest absolute Gasteiger partial charge is 0.508 e. The van der Waals surface area contributed by atoms with Crippen LogP contribution in [0.5, 0.6) is 5.75 Å². The molecule has 0 saturated carbocycles. The molecule has 2 unspecified atom stereocenters. The Labute approximate surface area is 255 Å². The zero-order valence-electron chi connectivity index (χ0n) is 26.4. The summed E-state index contributed by atoms with van der Waals surface area (Å²) in [7, 11) is 0. The molecule has 0 aliphatic rings. The van der Waals surface area contributed by atoms with Crippen LogP contribution in [0.25, 0.3) is 10.8 Å². The van der Waals surface area contributed by atoms with Crippen LogP contribution < -0.4 is 10.6 Å². The molecular formula is C35H47N3O5. The number of nitrogens with zero attached hydrogens (tertiary/aromatic N) is 1. The van der Waals surface area contributed by atoms with Crippen molar-refractivity contribution in [1.29, 1.82) is 0 Å². The smallest absolute Gasteiger partial charge is 0.408 e. The number of nitrogens with one attached hydrogen (secondary N) is 2. The molecule has 8 heteroatoms. The van der Waals surface area contributed by atoms with Crippen LogP contribution in [-0.2, 0) is 14.3 Å². The highest BCUT2D eigenvalue weighted by molar-refractivity contribution is 6.00. The van der Waals surface area contributed by atoms with Crippen LogP contribution in [0.15, 0.2) is 66.7 Å². The first-order valence-corrected chi connectivity index (χ1v) is 15.3. The minimum absolute atomic E-state index is 0.0105. The van der Waals surface area contributed by atoms with E-state index in [-0.39, 0.29) is 11.7 Å². The lowest BCUT2D eigenvalue weighted by molar-refractivity contribution is -0.141. The molecule has 8 nitrogen and oxygen atoms in total. The predicted molar refractivity (Wildman–Crippen MR) is 172 cm³/mol. The number of carbonyl (C=O) groups excluding carboxylic acids is 3. The zero-order valence-corrected chi connectivity index (χ0v) is 26.4. The van der Waals surface area contributed by atoms with Crippen molar-refractivity contribution in [2.75, 3.05) is 11.9 Å². The summed E-state index contributed by atoms with van der Waals surface area (Å²) in [6, 6.07) is 18.0. The van der Waals surface area contributed by atoms with Crippen LogP contribution in [0, 0.1) is 5.92 Å². The highest BCUT2D eigenvalue weighted by Crippen LogP contribution is 2.29. The molecule has 0 radical (unpaired) electrons. The average Bonchev–Trinajstić information content (AvgIpc) is 2.93. The number of anilines is 1. The van der Waals surface area contributed by atoms with E-state index in [9.17, 15) is 19.5 Å². The highest BCUT2D eigenvalue weighted by atomic mass is 16.6. The van der Waals surface area contributed by atoms with Gasteiger partial charge in [0.25, 0.3) is 5.91 Å². The number of hydrogen-bond donors (Lipinski definition) is 3. The van der Waals surface area contributed by atoms with E-state index in [4.69, 9.17) is 4.74 Å². The lowest BCUT2D eigenvalue weighted by Gasteiger charge is -2.35.